The lowest BCUT2D eigenvalue weighted by Gasteiger charge is -2.21. The molecule has 148 valence electrons. The van der Waals surface area contributed by atoms with E-state index < -0.39 is 5.92 Å². The van der Waals surface area contributed by atoms with Gasteiger partial charge >= 0.3 is 0 Å². The number of hydrogen-bond donors (Lipinski definition) is 2. The number of nitrogens with one attached hydrogen (secondary N) is 2. The van der Waals surface area contributed by atoms with E-state index in [9.17, 15) is 9.59 Å². The predicted molar refractivity (Wildman–Crippen MR) is 109 cm³/mol. The minimum absolute atomic E-state index is 0.116. The van der Waals surface area contributed by atoms with Crippen LogP contribution in [-0.4, -0.2) is 43.0 Å². The third-order valence-electron chi connectivity index (χ3n) is 4.83. The summed E-state index contributed by atoms with van der Waals surface area (Å²) in [5.41, 5.74) is 1.90. The molecule has 1 aliphatic heterocycles. The van der Waals surface area contributed by atoms with Crippen molar-refractivity contribution in [2.45, 2.75) is 19.9 Å². The van der Waals surface area contributed by atoms with Gasteiger partial charge in [-0.2, -0.15) is 0 Å². The second kappa shape index (κ2) is 9.90. The molecule has 0 spiro atoms. The first kappa shape index (κ1) is 19.9. The highest BCUT2D eigenvalue weighted by atomic mass is 16.5. The van der Waals surface area contributed by atoms with Crippen LogP contribution in [0.25, 0.3) is 0 Å². The molecule has 28 heavy (non-hydrogen) atoms. The maximum atomic E-state index is 12.4. The van der Waals surface area contributed by atoms with Crippen LogP contribution >= 0.6 is 0 Å². The lowest BCUT2D eigenvalue weighted by atomic mass is 10.1. The minimum atomic E-state index is -0.501. The highest BCUT2D eigenvalue weighted by molar-refractivity contribution is 5.97. The number of carbonyl (C=O) groups is 2. The maximum absolute atomic E-state index is 12.4. The Hall–Kier alpha value is -2.86. The molecule has 1 unspecified atom stereocenters. The molecule has 0 fully saturated rings. The Morgan fingerprint density at radius 1 is 1.18 bits per heavy atom. The Morgan fingerprint density at radius 2 is 1.93 bits per heavy atom. The molecule has 6 heteroatoms. The van der Waals surface area contributed by atoms with E-state index >= 15 is 0 Å². The van der Waals surface area contributed by atoms with E-state index in [4.69, 9.17) is 4.74 Å². The molecule has 2 amide bonds. The van der Waals surface area contributed by atoms with Crippen LogP contribution in [0.2, 0.25) is 0 Å². The number of amides is 2. The number of fused-ring (bicyclic) bond motifs is 1. The van der Waals surface area contributed by atoms with Gasteiger partial charge in [-0.15, -0.1) is 0 Å². The van der Waals surface area contributed by atoms with Crippen molar-refractivity contribution in [2.24, 2.45) is 5.92 Å². The van der Waals surface area contributed by atoms with Crippen molar-refractivity contribution in [3.8, 4) is 5.75 Å². The molecule has 0 saturated carbocycles. The third-order valence-corrected chi connectivity index (χ3v) is 4.83. The molecule has 0 bridgehead atoms. The Labute approximate surface area is 165 Å². The van der Waals surface area contributed by atoms with E-state index in [1.807, 2.05) is 36.4 Å². The Kier molecular flexibility index (Phi) is 7.03. The summed E-state index contributed by atoms with van der Waals surface area (Å²) in [6.45, 7) is 5.37. The van der Waals surface area contributed by atoms with Crippen LogP contribution in [-0.2, 0) is 16.1 Å². The van der Waals surface area contributed by atoms with E-state index in [1.54, 1.807) is 6.07 Å². The lowest BCUT2D eigenvalue weighted by molar-refractivity contribution is -0.128. The van der Waals surface area contributed by atoms with Crippen molar-refractivity contribution >= 4 is 17.5 Å². The zero-order valence-electron chi connectivity index (χ0n) is 16.2. The molecule has 2 N–H and O–H groups in total. The van der Waals surface area contributed by atoms with Gasteiger partial charge in [-0.1, -0.05) is 49.4 Å². The smallest absolute Gasteiger partial charge is 0.231 e. The second-order valence-electron chi connectivity index (χ2n) is 6.90. The summed E-state index contributed by atoms with van der Waals surface area (Å²) in [5, 5.41) is 5.76. The monoisotopic (exact) mass is 381 g/mol. The first-order valence-electron chi connectivity index (χ1n) is 9.71. The van der Waals surface area contributed by atoms with Crippen LogP contribution in [0, 0.1) is 5.92 Å². The lowest BCUT2D eigenvalue weighted by Crippen LogP contribution is -2.37. The molecule has 2 aromatic carbocycles. The first-order valence-corrected chi connectivity index (χ1v) is 9.71. The molecule has 0 aromatic heterocycles. The number of anilines is 1. The quantitative estimate of drug-likeness (QED) is 0.738. The van der Waals surface area contributed by atoms with E-state index in [-0.39, 0.29) is 24.8 Å². The Balaban J connectivity index is 1.43. The number of rotatable bonds is 8. The number of carbonyl (C=O) groups excluding carboxylic acids is 2. The van der Waals surface area contributed by atoms with Crippen LogP contribution < -0.4 is 15.4 Å². The van der Waals surface area contributed by atoms with Crippen molar-refractivity contribution < 1.29 is 14.3 Å². The van der Waals surface area contributed by atoms with Crippen LogP contribution in [0.4, 0.5) is 5.69 Å². The van der Waals surface area contributed by atoms with Gasteiger partial charge in [-0.05, 0) is 24.2 Å². The van der Waals surface area contributed by atoms with Crippen LogP contribution in [0.5, 0.6) is 5.75 Å². The van der Waals surface area contributed by atoms with Gasteiger partial charge in [0.05, 0.1) is 11.6 Å². The molecule has 1 heterocycles. The number of likely N-dealkylation sites (N-methyl/N-ethyl adjacent to an activating group) is 1. The summed E-state index contributed by atoms with van der Waals surface area (Å²) in [6.07, 6.45) is 0.116. The standard InChI is InChI=1S/C22H27N3O3/c1-2-25(15-17-8-4-3-5-9-17)13-12-23-21(26)14-18-16-28-20-11-7-6-10-19(20)24-22(18)27/h3-11,18H,2,12-16H2,1H3,(H,23,26)(H,24,27). The van der Waals surface area contributed by atoms with Gasteiger partial charge in [-0.3, -0.25) is 14.5 Å². The Morgan fingerprint density at radius 3 is 2.71 bits per heavy atom. The zero-order valence-corrected chi connectivity index (χ0v) is 16.2. The molecule has 2 aromatic rings. The Bertz CT molecular complexity index is 795. The molecular formula is C22H27N3O3. The molecule has 0 saturated heterocycles. The van der Waals surface area contributed by atoms with Gasteiger partial charge in [0.2, 0.25) is 11.8 Å². The fraction of sp³-hybridized carbons (Fsp3) is 0.364. The topological polar surface area (TPSA) is 70.7 Å². The van der Waals surface area contributed by atoms with E-state index in [0.29, 0.717) is 18.0 Å². The van der Waals surface area contributed by atoms with Crippen LogP contribution in [0.3, 0.4) is 0 Å². The summed E-state index contributed by atoms with van der Waals surface area (Å²) in [7, 11) is 0. The molecule has 0 aliphatic carbocycles. The molecule has 1 aliphatic rings. The fourth-order valence-corrected chi connectivity index (χ4v) is 3.19. The fourth-order valence-electron chi connectivity index (χ4n) is 3.19. The summed E-state index contributed by atoms with van der Waals surface area (Å²) >= 11 is 0. The molecule has 1 atom stereocenters. The van der Waals surface area contributed by atoms with Crippen molar-refractivity contribution in [1.29, 1.82) is 0 Å². The van der Waals surface area contributed by atoms with Gasteiger partial charge in [0, 0.05) is 26.1 Å². The number of para-hydroxylation sites is 2. The second-order valence-corrected chi connectivity index (χ2v) is 6.90. The number of nitrogens with zero attached hydrogens (tertiary/aromatic N) is 1. The molecule has 3 rings (SSSR count). The van der Waals surface area contributed by atoms with Gasteiger partial charge in [-0.25, -0.2) is 0 Å². The van der Waals surface area contributed by atoms with Gasteiger partial charge in [0.25, 0.3) is 0 Å². The zero-order chi connectivity index (χ0) is 19.8. The SMILES string of the molecule is CCN(CCNC(=O)CC1COc2ccccc2NC1=O)Cc1ccccc1. The van der Waals surface area contributed by atoms with Gasteiger partial charge in [0.15, 0.2) is 0 Å². The predicted octanol–water partition coefficient (Wildman–Crippen LogP) is 2.66. The summed E-state index contributed by atoms with van der Waals surface area (Å²) in [4.78, 5) is 26.9. The number of hydrogen-bond acceptors (Lipinski definition) is 4. The molecule has 0 radical (unpaired) electrons. The van der Waals surface area contributed by atoms with Gasteiger partial charge < -0.3 is 15.4 Å². The molecule has 6 nitrogen and oxygen atoms in total. The van der Waals surface area contributed by atoms with E-state index in [1.165, 1.54) is 5.56 Å². The van der Waals surface area contributed by atoms with Crippen LogP contribution in [0.1, 0.15) is 18.9 Å². The van der Waals surface area contributed by atoms with Crippen molar-refractivity contribution in [2.75, 3.05) is 31.6 Å². The van der Waals surface area contributed by atoms with E-state index in [2.05, 4.69) is 34.6 Å². The largest absolute Gasteiger partial charge is 0.491 e. The highest BCUT2D eigenvalue weighted by Gasteiger charge is 2.26. The van der Waals surface area contributed by atoms with E-state index in [0.717, 1.165) is 19.6 Å². The van der Waals surface area contributed by atoms with Crippen molar-refractivity contribution in [3.63, 3.8) is 0 Å². The summed E-state index contributed by atoms with van der Waals surface area (Å²) in [6, 6.07) is 17.6. The maximum Gasteiger partial charge on any atom is 0.231 e. The number of ether oxygens (including phenoxy) is 1. The summed E-state index contributed by atoms with van der Waals surface area (Å²) in [5.74, 6) is -0.179. The normalized spacial score (nSPS) is 15.9. The highest BCUT2D eigenvalue weighted by Crippen LogP contribution is 2.28. The minimum Gasteiger partial charge on any atom is -0.491 e. The van der Waals surface area contributed by atoms with Gasteiger partial charge in [0.1, 0.15) is 12.4 Å². The average molecular weight is 381 g/mol. The average Bonchev–Trinajstić information content (AvgIpc) is 2.87. The van der Waals surface area contributed by atoms with Crippen LogP contribution in [0.15, 0.2) is 54.6 Å². The van der Waals surface area contributed by atoms with Crippen molar-refractivity contribution in [3.05, 3.63) is 60.2 Å². The molecular weight excluding hydrogens is 354 g/mol. The first-order chi connectivity index (χ1) is 13.7. The number of benzene rings is 2. The summed E-state index contributed by atoms with van der Waals surface area (Å²) < 4.78 is 5.69. The van der Waals surface area contributed by atoms with Crippen molar-refractivity contribution in [1.82, 2.24) is 10.2 Å². The third kappa shape index (κ3) is 5.57.